The van der Waals surface area contributed by atoms with Crippen molar-refractivity contribution in [2.45, 2.75) is 19.9 Å². The second kappa shape index (κ2) is 6.62. The first-order valence-corrected chi connectivity index (χ1v) is 7.56. The Bertz CT molecular complexity index is 705. The topological polar surface area (TPSA) is 93.4 Å². The lowest BCUT2D eigenvalue weighted by atomic mass is 9.95. The maximum atomic E-state index is 12.0. The Hall–Kier alpha value is -2.67. The predicted octanol–water partition coefficient (Wildman–Crippen LogP) is 1.94. The van der Waals surface area contributed by atoms with E-state index in [1.807, 2.05) is 30.3 Å². The summed E-state index contributed by atoms with van der Waals surface area (Å²) < 4.78 is 5.11. The third kappa shape index (κ3) is 2.95. The first-order valence-electron chi connectivity index (χ1n) is 7.56. The molecule has 0 aliphatic carbocycles. The van der Waals surface area contributed by atoms with Gasteiger partial charge >= 0.3 is 6.09 Å². The molecule has 1 aromatic heterocycles. The highest BCUT2D eigenvalue weighted by Gasteiger charge is 2.27. The Morgan fingerprint density at radius 2 is 2.13 bits per heavy atom. The molecule has 2 heterocycles. The van der Waals surface area contributed by atoms with Crippen molar-refractivity contribution in [2.75, 3.05) is 18.6 Å². The van der Waals surface area contributed by atoms with Crippen LogP contribution in [0, 0.1) is 0 Å². The summed E-state index contributed by atoms with van der Waals surface area (Å²) in [5, 5.41) is 8.42. The number of hydrazine groups is 1. The van der Waals surface area contributed by atoms with E-state index in [0.717, 1.165) is 22.4 Å². The van der Waals surface area contributed by atoms with Crippen molar-refractivity contribution in [1.29, 1.82) is 0 Å². The van der Waals surface area contributed by atoms with Crippen molar-refractivity contribution in [3.63, 3.8) is 0 Å². The number of ether oxygens (including phenoxy) is 1. The van der Waals surface area contributed by atoms with Gasteiger partial charge < -0.3 is 15.1 Å². The molecule has 0 unspecified atom stereocenters. The average molecular weight is 313 g/mol. The summed E-state index contributed by atoms with van der Waals surface area (Å²) >= 11 is 0. The molecular weight excluding hydrogens is 294 g/mol. The molecule has 1 aromatic carbocycles. The van der Waals surface area contributed by atoms with Gasteiger partial charge in [0.15, 0.2) is 5.82 Å². The van der Waals surface area contributed by atoms with E-state index in [4.69, 9.17) is 10.6 Å². The van der Waals surface area contributed by atoms with Crippen molar-refractivity contribution in [3.8, 4) is 11.1 Å². The number of amides is 1. The maximum Gasteiger partial charge on any atom is 0.410 e. The molecule has 0 fully saturated rings. The minimum atomic E-state index is -0.309. The van der Waals surface area contributed by atoms with Crippen LogP contribution in [-0.2, 0) is 17.7 Å². The second-order valence-electron chi connectivity index (χ2n) is 5.23. The Kier molecular flexibility index (Phi) is 4.38. The molecule has 1 amide bonds. The molecule has 0 radical (unpaired) electrons. The number of carbonyl (C=O) groups excluding carboxylic acids is 1. The summed E-state index contributed by atoms with van der Waals surface area (Å²) in [5.74, 6) is 6.11. The quantitative estimate of drug-likeness (QED) is 0.664. The van der Waals surface area contributed by atoms with Crippen LogP contribution in [0.15, 0.2) is 30.3 Å². The Morgan fingerprint density at radius 3 is 2.83 bits per heavy atom. The number of aromatic nitrogens is 2. The molecule has 0 atom stereocenters. The van der Waals surface area contributed by atoms with E-state index in [-0.39, 0.29) is 6.09 Å². The number of hydrogen-bond donors (Lipinski definition) is 2. The molecule has 1 aliphatic rings. The number of carbonyl (C=O) groups is 1. The molecule has 3 rings (SSSR count). The van der Waals surface area contributed by atoms with Gasteiger partial charge in [-0.15, -0.1) is 5.10 Å². The fraction of sp³-hybridized carbons (Fsp3) is 0.312. The van der Waals surface area contributed by atoms with Gasteiger partial charge in [0, 0.05) is 24.1 Å². The summed E-state index contributed by atoms with van der Waals surface area (Å²) in [5.41, 5.74) is 6.32. The van der Waals surface area contributed by atoms with Crippen LogP contribution in [-0.4, -0.2) is 34.3 Å². The van der Waals surface area contributed by atoms with E-state index in [2.05, 4.69) is 15.6 Å². The van der Waals surface area contributed by atoms with Gasteiger partial charge in [0.25, 0.3) is 0 Å². The number of nitrogen functional groups attached to an aromatic ring is 1. The van der Waals surface area contributed by atoms with Gasteiger partial charge in [-0.3, -0.25) is 0 Å². The lowest BCUT2D eigenvalue weighted by Gasteiger charge is -2.29. The van der Waals surface area contributed by atoms with E-state index in [1.165, 1.54) is 0 Å². The zero-order chi connectivity index (χ0) is 16.2. The van der Waals surface area contributed by atoms with Crippen LogP contribution < -0.4 is 11.3 Å². The summed E-state index contributed by atoms with van der Waals surface area (Å²) in [7, 11) is 0. The number of benzene rings is 1. The molecular formula is C16H19N5O2. The number of nitrogens with one attached hydrogen (secondary N) is 1. The van der Waals surface area contributed by atoms with E-state index >= 15 is 0 Å². The van der Waals surface area contributed by atoms with Gasteiger partial charge in [-0.25, -0.2) is 10.6 Å². The van der Waals surface area contributed by atoms with E-state index in [1.54, 1.807) is 11.8 Å². The largest absolute Gasteiger partial charge is 0.450 e. The minimum absolute atomic E-state index is 0.309. The van der Waals surface area contributed by atoms with Crippen molar-refractivity contribution in [2.24, 2.45) is 5.84 Å². The molecule has 1 aliphatic heterocycles. The number of rotatable bonds is 3. The SMILES string of the molecule is CCOC(=O)N1CCc2nnc(NN)c(-c3ccccc3)c2C1. The highest BCUT2D eigenvalue weighted by molar-refractivity contribution is 5.79. The number of nitrogens with zero attached hydrogens (tertiary/aromatic N) is 3. The first-order chi connectivity index (χ1) is 11.2. The number of anilines is 1. The molecule has 0 saturated carbocycles. The molecule has 120 valence electrons. The van der Waals surface area contributed by atoms with Gasteiger partial charge in [-0.05, 0) is 12.5 Å². The smallest absolute Gasteiger partial charge is 0.410 e. The van der Waals surface area contributed by atoms with Crippen molar-refractivity contribution < 1.29 is 9.53 Å². The van der Waals surface area contributed by atoms with Gasteiger partial charge in [-0.2, -0.15) is 5.10 Å². The Morgan fingerprint density at radius 1 is 1.35 bits per heavy atom. The van der Waals surface area contributed by atoms with Crippen LogP contribution >= 0.6 is 0 Å². The zero-order valence-electron chi connectivity index (χ0n) is 13.0. The molecule has 3 N–H and O–H groups in total. The third-order valence-corrected chi connectivity index (χ3v) is 3.85. The van der Waals surface area contributed by atoms with Crippen molar-refractivity contribution in [3.05, 3.63) is 41.6 Å². The van der Waals surface area contributed by atoms with Crippen LogP contribution in [0.25, 0.3) is 11.1 Å². The van der Waals surface area contributed by atoms with E-state index < -0.39 is 0 Å². The monoisotopic (exact) mass is 313 g/mol. The van der Waals surface area contributed by atoms with Crippen LogP contribution in [0.3, 0.4) is 0 Å². The lowest BCUT2D eigenvalue weighted by Crippen LogP contribution is -2.37. The molecule has 23 heavy (non-hydrogen) atoms. The van der Waals surface area contributed by atoms with Gasteiger partial charge in [0.2, 0.25) is 0 Å². The third-order valence-electron chi connectivity index (χ3n) is 3.85. The highest BCUT2D eigenvalue weighted by Crippen LogP contribution is 2.33. The summed E-state index contributed by atoms with van der Waals surface area (Å²) in [4.78, 5) is 13.7. The van der Waals surface area contributed by atoms with Crippen molar-refractivity contribution >= 4 is 11.9 Å². The average Bonchev–Trinajstić information content (AvgIpc) is 2.61. The maximum absolute atomic E-state index is 12.0. The summed E-state index contributed by atoms with van der Waals surface area (Å²) in [6, 6.07) is 9.83. The van der Waals surface area contributed by atoms with Crippen molar-refractivity contribution in [1.82, 2.24) is 15.1 Å². The van der Waals surface area contributed by atoms with Crippen LogP contribution in [0.5, 0.6) is 0 Å². The zero-order valence-corrected chi connectivity index (χ0v) is 13.0. The van der Waals surface area contributed by atoms with Gasteiger partial charge in [0.05, 0.1) is 18.8 Å². The normalized spacial score (nSPS) is 13.4. The van der Waals surface area contributed by atoms with E-state index in [0.29, 0.717) is 31.9 Å². The second-order valence-corrected chi connectivity index (χ2v) is 5.23. The van der Waals surface area contributed by atoms with Crippen LogP contribution in [0.2, 0.25) is 0 Å². The summed E-state index contributed by atoms with van der Waals surface area (Å²) in [6.07, 6.45) is 0.336. The standard InChI is InChI=1S/C16H19N5O2/c1-2-23-16(22)21-9-8-13-12(10-21)14(15(18-17)20-19-13)11-6-4-3-5-7-11/h3-7H,2,8-10,17H2,1H3,(H,18,20). The molecule has 7 nitrogen and oxygen atoms in total. The van der Waals surface area contributed by atoms with Gasteiger partial charge in [-0.1, -0.05) is 30.3 Å². The predicted molar refractivity (Wildman–Crippen MR) is 86.4 cm³/mol. The van der Waals surface area contributed by atoms with E-state index in [9.17, 15) is 4.79 Å². The number of hydrogen-bond acceptors (Lipinski definition) is 6. The van der Waals surface area contributed by atoms with Crippen LogP contribution in [0.4, 0.5) is 10.6 Å². The molecule has 7 heteroatoms. The highest BCUT2D eigenvalue weighted by atomic mass is 16.6. The lowest BCUT2D eigenvalue weighted by molar-refractivity contribution is 0.102. The molecule has 0 spiro atoms. The Labute approximate surface area is 134 Å². The number of fused-ring (bicyclic) bond motifs is 1. The van der Waals surface area contributed by atoms with Gasteiger partial charge in [0.1, 0.15) is 0 Å². The fourth-order valence-electron chi connectivity index (χ4n) is 2.78. The summed E-state index contributed by atoms with van der Waals surface area (Å²) in [6.45, 7) is 3.16. The number of nitrogens with two attached hydrogens (primary N) is 1. The molecule has 0 bridgehead atoms. The molecule has 0 saturated heterocycles. The fourth-order valence-corrected chi connectivity index (χ4v) is 2.78. The minimum Gasteiger partial charge on any atom is -0.450 e. The Balaban J connectivity index is 2.05. The molecule has 2 aromatic rings. The first kappa shape index (κ1) is 15.2. The van der Waals surface area contributed by atoms with Crippen LogP contribution in [0.1, 0.15) is 18.2 Å².